The Bertz CT molecular complexity index is 557. The van der Waals surface area contributed by atoms with Crippen LogP contribution in [0.4, 0.5) is 9.59 Å². The van der Waals surface area contributed by atoms with Crippen LogP contribution in [0, 0.1) is 0 Å². The number of benzene rings is 1. The number of ether oxygens (including phenoxy) is 4. The zero-order valence-corrected chi connectivity index (χ0v) is 11.7. The molecular weight excluding hydrogens is 292 g/mol. The van der Waals surface area contributed by atoms with Crippen LogP contribution in [0.2, 0.25) is 0 Å². The minimum Gasteiger partial charge on any atom is -0.410 e. The third kappa shape index (κ3) is 3.66. The first-order valence-electron chi connectivity index (χ1n) is 6.85. The molecule has 22 heavy (non-hydrogen) atoms. The zero-order chi connectivity index (χ0) is 15.7. The van der Waals surface area contributed by atoms with Gasteiger partial charge in [0.1, 0.15) is 11.5 Å². The molecule has 3 rings (SSSR count). The highest BCUT2D eigenvalue weighted by Gasteiger charge is 2.31. The van der Waals surface area contributed by atoms with Gasteiger partial charge in [-0.05, 0) is 12.1 Å². The number of rotatable bonds is 6. The van der Waals surface area contributed by atoms with Crippen molar-refractivity contribution >= 4 is 12.2 Å². The molecule has 2 aliphatic heterocycles. The molecule has 2 saturated heterocycles. The van der Waals surface area contributed by atoms with Gasteiger partial charge in [-0.2, -0.15) is 0 Å². The van der Waals surface area contributed by atoms with Crippen molar-refractivity contribution in [3.8, 4) is 11.5 Å². The topological polar surface area (TPSA) is 130 Å². The number of nitrogens with two attached hydrogens (primary N) is 2. The van der Waals surface area contributed by atoms with E-state index < -0.39 is 12.2 Å². The molecule has 2 heterocycles. The number of hydrogen-bond donors (Lipinski definition) is 2. The van der Waals surface area contributed by atoms with E-state index in [0.717, 1.165) is 11.1 Å². The van der Waals surface area contributed by atoms with E-state index in [-0.39, 0.29) is 12.2 Å². The van der Waals surface area contributed by atoms with Crippen molar-refractivity contribution in [2.75, 3.05) is 13.2 Å². The van der Waals surface area contributed by atoms with Gasteiger partial charge in [0.15, 0.2) is 0 Å². The highest BCUT2D eigenvalue weighted by atomic mass is 16.6. The molecule has 2 amide bonds. The molecule has 8 heteroatoms. The van der Waals surface area contributed by atoms with Crippen molar-refractivity contribution in [1.29, 1.82) is 0 Å². The van der Waals surface area contributed by atoms with Gasteiger partial charge < -0.3 is 30.4 Å². The second-order valence-electron chi connectivity index (χ2n) is 5.18. The Hall–Kier alpha value is -2.32. The Balaban J connectivity index is 1.98. The number of hydrogen-bond acceptors (Lipinski definition) is 6. The summed E-state index contributed by atoms with van der Waals surface area (Å²) in [6, 6.07) is 3.05. The minimum atomic E-state index is -0.907. The Labute approximate surface area is 126 Å². The average Bonchev–Trinajstić information content (AvgIpc) is 3.30. The van der Waals surface area contributed by atoms with Crippen molar-refractivity contribution in [3.63, 3.8) is 0 Å². The van der Waals surface area contributed by atoms with Crippen molar-refractivity contribution in [3.05, 3.63) is 23.3 Å². The summed E-state index contributed by atoms with van der Waals surface area (Å²) in [6.45, 7) is 1.27. The first kappa shape index (κ1) is 14.6. The molecule has 4 N–H and O–H groups in total. The maximum absolute atomic E-state index is 11.1. The predicted octanol–water partition coefficient (Wildman–Crippen LogP) is 0.484. The average molecular weight is 308 g/mol. The number of carbonyl (C=O) groups is 2. The van der Waals surface area contributed by atoms with Crippen molar-refractivity contribution in [2.24, 2.45) is 11.5 Å². The maximum Gasteiger partial charge on any atom is 0.409 e. The quantitative estimate of drug-likeness (QED) is 0.735. The van der Waals surface area contributed by atoms with Gasteiger partial charge in [-0.25, -0.2) is 9.59 Å². The highest BCUT2D eigenvalue weighted by molar-refractivity contribution is 5.71. The molecular formula is C14H16N2O6. The van der Waals surface area contributed by atoms with E-state index in [2.05, 4.69) is 0 Å². The van der Waals surface area contributed by atoms with Gasteiger partial charge in [-0.15, -0.1) is 0 Å². The second kappa shape index (κ2) is 5.82. The van der Waals surface area contributed by atoms with Crippen molar-refractivity contribution in [2.45, 2.75) is 25.0 Å². The third-order valence-corrected chi connectivity index (χ3v) is 3.43. The molecule has 0 aliphatic carbocycles. The van der Waals surface area contributed by atoms with Crippen LogP contribution in [0.25, 0.3) is 0 Å². The van der Waals surface area contributed by atoms with E-state index in [1.165, 1.54) is 12.1 Å². The molecule has 8 nitrogen and oxygen atoms in total. The van der Waals surface area contributed by atoms with Crippen molar-refractivity contribution < 1.29 is 28.5 Å². The summed E-state index contributed by atoms with van der Waals surface area (Å²) in [4.78, 5) is 22.1. The van der Waals surface area contributed by atoms with Crippen LogP contribution < -0.4 is 20.9 Å². The molecule has 0 spiro atoms. The number of primary amides is 2. The fraction of sp³-hybridized carbons (Fsp3) is 0.429. The largest absolute Gasteiger partial charge is 0.410 e. The lowest BCUT2D eigenvalue weighted by molar-refractivity contribution is 0.207. The third-order valence-electron chi connectivity index (χ3n) is 3.43. The van der Waals surface area contributed by atoms with Gasteiger partial charge in [0.05, 0.1) is 25.4 Å². The number of epoxide rings is 2. The first-order chi connectivity index (χ1) is 10.5. The first-order valence-corrected chi connectivity index (χ1v) is 6.85. The number of amides is 2. The van der Waals surface area contributed by atoms with E-state index in [4.69, 9.17) is 30.4 Å². The molecule has 0 bridgehead atoms. The lowest BCUT2D eigenvalue weighted by Crippen LogP contribution is -2.20. The van der Waals surface area contributed by atoms with Crippen LogP contribution in [-0.2, 0) is 22.3 Å². The monoisotopic (exact) mass is 308 g/mol. The highest BCUT2D eigenvalue weighted by Crippen LogP contribution is 2.36. The van der Waals surface area contributed by atoms with E-state index in [9.17, 15) is 9.59 Å². The van der Waals surface area contributed by atoms with E-state index in [1.807, 2.05) is 0 Å². The van der Waals surface area contributed by atoms with E-state index in [1.54, 1.807) is 0 Å². The van der Waals surface area contributed by atoms with E-state index in [0.29, 0.717) is 37.6 Å². The molecule has 0 radical (unpaired) electrons. The van der Waals surface area contributed by atoms with Crippen LogP contribution >= 0.6 is 0 Å². The van der Waals surface area contributed by atoms with Gasteiger partial charge in [0, 0.05) is 24.0 Å². The lowest BCUT2D eigenvalue weighted by atomic mass is 9.97. The molecule has 118 valence electrons. The summed E-state index contributed by atoms with van der Waals surface area (Å²) < 4.78 is 20.6. The summed E-state index contributed by atoms with van der Waals surface area (Å²) in [5.74, 6) is 0.658. The molecule has 1 aromatic rings. The summed E-state index contributed by atoms with van der Waals surface area (Å²) in [5, 5.41) is 0. The van der Waals surface area contributed by atoms with Gasteiger partial charge in [-0.3, -0.25) is 0 Å². The van der Waals surface area contributed by atoms with Crippen LogP contribution in [-0.4, -0.2) is 37.6 Å². The Morgan fingerprint density at radius 1 is 0.955 bits per heavy atom. The standard InChI is InChI=1S/C14H16N2O6/c15-13(17)21-11-1-2-12(22-14(16)18)10(4-8-6-20-8)9(11)3-7-5-19-7/h1-2,7-8H,3-6H2,(H2,15,17)(H2,16,18). The fourth-order valence-corrected chi connectivity index (χ4v) is 2.33. The molecule has 1 aromatic carbocycles. The molecule has 2 unspecified atom stereocenters. The molecule has 0 aromatic heterocycles. The molecule has 2 atom stereocenters. The molecule has 2 aliphatic rings. The fourth-order valence-electron chi connectivity index (χ4n) is 2.33. The van der Waals surface area contributed by atoms with Crippen molar-refractivity contribution in [1.82, 2.24) is 0 Å². The normalized spacial score (nSPS) is 22.0. The minimum absolute atomic E-state index is 0.0536. The smallest absolute Gasteiger partial charge is 0.409 e. The van der Waals surface area contributed by atoms with Crippen LogP contribution in [0.15, 0.2) is 12.1 Å². The Morgan fingerprint density at radius 3 is 1.59 bits per heavy atom. The molecule has 2 fully saturated rings. The summed E-state index contributed by atoms with van der Waals surface area (Å²) in [5.41, 5.74) is 11.6. The SMILES string of the molecule is NC(=O)Oc1ccc(OC(N)=O)c(CC2CO2)c1CC1CO1. The van der Waals surface area contributed by atoms with Crippen LogP contribution in [0.1, 0.15) is 11.1 Å². The van der Waals surface area contributed by atoms with Crippen LogP contribution in [0.3, 0.4) is 0 Å². The van der Waals surface area contributed by atoms with Gasteiger partial charge >= 0.3 is 12.2 Å². The Morgan fingerprint density at radius 2 is 1.32 bits per heavy atom. The van der Waals surface area contributed by atoms with Gasteiger partial charge in [0.25, 0.3) is 0 Å². The Kier molecular flexibility index (Phi) is 3.86. The molecule has 0 saturated carbocycles. The second-order valence-corrected chi connectivity index (χ2v) is 5.18. The van der Waals surface area contributed by atoms with Gasteiger partial charge in [0.2, 0.25) is 0 Å². The lowest BCUT2D eigenvalue weighted by Gasteiger charge is -2.16. The predicted molar refractivity (Wildman–Crippen MR) is 73.8 cm³/mol. The maximum atomic E-state index is 11.1. The summed E-state index contributed by atoms with van der Waals surface area (Å²) in [6.07, 6.45) is -0.650. The van der Waals surface area contributed by atoms with Crippen LogP contribution in [0.5, 0.6) is 11.5 Å². The summed E-state index contributed by atoms with van der Waals surface area (Å²) in [7, 11) is 0. The van der Waals surface area contributed by atoms with E-state index >= 15 is 0 Å². The summed E-state index contributed by atoms with van der Waals surface area (Å²) >= 11 is 0. The van der Waals surface area contributed by atoms with Gasteiger partial charge in [-0.1, -0.05) is 0 Å². The number of carbonyl (C=O) groups excluding carboxylic acids is 2. The zero-order valence-electron chi connectivity index (χ0n) is 11.7.